The maximum absolute atomic E-state index is 13.0. The van der Waals surface area contributed by atoms with Crippen molar-refractivity contribution < 1.29 is 4.79 Å². The van der Waals surface area contributed by atoms with Gasteiger partial charge in [0.15, 0.2) is 0 Å². The Morgan fingerprint density at radius 3 is 2.64 bits per heavy atom. The Hall–Kier alpha value is -1.77. The molecule has 3 nitrogen and oxygen atoms in total. The number of para-hydroxylation sites is 1. The monoisotopic (exact) mass is 336 g/mol. The number of aromatic nitrogens is 1. The second-order valence-corrected chi connectivity index (χ2v) is 8.34. The van der Waals surface area contributed by atoms with Crippen molar-refractivity contribution >= 4 is 16.8 Å². The zero-order valence-corrected chi connectivity index (χ0v) is 15.0. The van der Waals surface area contributed by atoms with Gasteiger partial charge in [-0.15, -0.1) is 0 Å². The van der Waals surface area contributed by atoms with E-state index in [-0.39, 0.29) is 5.92 Å². The highest BCUT2D eigenvalue weighted by molar-refractivity contribution is 5.87. The van der Waals surface area contributed by atoms with E-state index in [2.05, 4.69) is 33.7 Å². The van der Waals surface area contributed by atoms with Gasteiger partial charge in [0.2, 0.25) is 5.91 Å². The molecule has 132 valence electrons. The fraction of sp³-hybridized carbons (Fsp3) is 0.591. The highest BCUT2D eigenvalue weighted by Gasteiger charge is 2.32. The van der Waals surface area contributed by atoms with E-state index in [0.29, 0.717) is 5.91 Å². The molecule has 0 bridgehead atoms. The first-order valence-electron chi connectivity index (χ1n) is 10.2. The number of nitrogens with zero attached hydrogens (tertiary/aromatic N) is 2. The minimum atomic E-state index is 0.287. The van der Waals surface area contributed by atoms with Gasteiger partial charge in [-0.1, -0.05) is 37.5 Å². The van der Waals surface area contributed by atoms with E-state index in [1.54, 1.807) is 0 Å². The van der Waals surface area contributed by atoms with E-state index in [4.69, 9.17) is 0 Å². The van der Waals surface area contributed by atoms with Crippen LogP contribution in [0.5, 0.6) is 0 Å². The molecule has 1 aliphatic heterocycles. The molecule has 0 unspecified atom stereocenters. The maximum atomic E-state index is 13.0. The van der Waals surface area contributed by atoms with Crippen molar-refractivity contribution in [2.75, 3.05) is 6.54 Å². The molecule has 0 spiro atoms. The van der Waals surface area contributed by atoms with Gasteiger partial charge in [-0.05, 0) is 37.7 Å². The molecule has 0 radical (unpaired) electrons. The fourth-order valence-corrected chi connectivity index (χ4v) is 4.96. The zero-order chi connectivity index (χ0) is 16.8. The minimum Gasteiger partial charge on any atom is -0.344 e. The van der Waals surface area contributed by atoms with E-state index in [9.17, 15) is 4.79 Å². The zero-order valence-electron chi connectivity index (χ0n) is 15.0. The van der Waals surface area contributed by atoms with Gasteiger partial charge < -0.3 is 9.47 Å². The van der Waals surface area contributed by atoms with Crippen molar-refractivity contribution in [1.82, 2.24) is 9.47 Å². The lowest BCUT2D eigenvalue weighted by atomic mass is 9.87. The summed E-state index contributed by atoms with van der Waals surface area (Å²) in [7, 11) is 0. The molecule has 3 aliphatic rings. The largest absolute Gasteiger partial charge is 0.344 e. The van der Waals surface area contributed by atoms with Crippen molar-refractivity contribution in [2.24, 2.45) is 11.8 Å². The van der Waals surface area contributed by atoms with Crippen molar-refractivity contribution in [3.8, 4) is 0 Å². The summed E-state index contributed by atoms with van der Waals surface area (Å²) in [6.45, 7) is 2.90. The van der Waals surface area contributed by atoms with Crippen LogP contribution in [0.3, 0.4) is 0 Å². The minimum absolute atomic E-state index is 0.287. The first kappa shape index (κ1) is 15.5. The Kier molecular flexibility index (Phi) is 3.83. The first-order chi connectivity index (χ1) is 12.3. The van der Waals surface area contributed by atoms with Crippen molar-refractivity contribution in [2.45, 2.75) is 64.5 Å². The molecule has 0 N–H and O–H groups in total. The van der Waals surface area contributed by atoms with E-state index in [0.717, 1.165) is 38.3 Å². The van der Waals surface area contributed by atoms with E-state index in [1.165, 1.54) is 60.8 Å². The van der Waals surface area contributed by atoms with Crippen LogP contribution in [0.25, 0.3) is 10.9 Å². The predicted molar refractivity (Wildman–Crippen MR) is 100 cm³/mol. The normalized spacial score (nSPS) is 21.5. The Balaban J connectivity index is 1.46. The van der Waals surface area contributed by atoms with Crippen LogP contribution in [0.1, 0.15) is 56.2 Å². The van der Waals surface area contributed by atoms with Crippen LogP contribution < -0.4 is 0 Å². The number of hydrogen-bond donors (Lipinski definition) is 0. The average Bonchev–Trinajstić information content (AvgIpc) is 3.45. The van der Waals surface area contributed by atoms with Gasteiger partial charge in [-0.3, -0.25) is 4.79 Å². The first-order valence-corrected chi connectivity index (χ1v) is 10.2. The number of hydrogen-bond acceptors (Lipinski definition) is 1. The molecule has 25 heavy (non-hydrogen) atoms. The molecule has 2 aliphatic carbocycles. The second kappa shape index (κ2) is 6.19. The quantitative estimate of drug-likeness (QED) is 0.809. The summed E-state index contributed by atoms with van der Waals surface area (Å²) in [5.41, 5.74) is 4.30. The standard InChI is InChI=1S/C22H28N2O/c25-22(17-6-2-1-3-7-17)23-13-12-21-19(15-23)18-8-4-5-9-20(18)24(21)14-16-10-11-16/h4-5,8-9,16-17H,1-3,6-7,10-15H2. The number of fused-ring (bicyclic) bond motifs is 3. The lowest BCUT2D eigenvalue weighted by molar-refractivity contribution is -0.137. The number of carbonyl (C=O) groups excluding carboxylic acids is 1. The third-order valence-electron chi connectivity index (χ3n) is 6.57. The molecule has 1 aromatic carbocycles. The summed E-state index contributed by atoms with van der Waals surface area (Å²) in [4.78, 5) is 15.2. The Morgan fingerprint density at radius 1 is 1.04 bits per heavy atom. The van der Waals surface area contributed by atoms with Crippen LogP contribution in [-0.2, 0) is 24.3 Å². The summed E-state index contributed by atoms with van der Waals surface area (Å²) < 4.78 is 2.57. The smallest absolute Gasteiger partial charge is 0.225 e. The summed E-state index contributed by atoms with van der Waals surface area (Å²) >= 11 is 0. The molecule has 0 atom stereocenters. The molecule has 1 aromatic heterocycles. The summed E-state index contributed by atoms with van der Waals surface area (Å²) in [5, 5.41) is 1.37. The van der Waals surface area contributed by atoms with Gasteiger partial charge in [-0.2, -0.15) is 0 Å². The molecule has 2 aromatic rings. The number of benzene rings is 1. The van der Waals surface area contributed by atoms with Crippen molar-refractivity contribution in [3.05, 3.63) is 35.5 Å². The molecule has 1 amide bonds. The van der Waals surface area contributed by atoms with Crippen molar-refractivity contribution in [1.29, 1.82) is 0 Å². The van der Waals surface area contributed by atoms with E-state index in [1.807, 2.05) is 0 Å². The number of amides is 1. The van der Waals surface area contributed by atoms with Crippen LogP contribution in [0.2, 0.25) is 0 Å². The molecular formula is C22H28N2O. The van der Waals surface area contributed by atoms with Crippen LogP contribution in [0.4, 0.5) is 0 Å². The molecule has 3 heteroatoms. The Morgan fingerprint density at radius 2 is 1.84 bits per heavy atom. The highest BCUT2D eigenvalue weighted by Crippen LogP contribution is 2.37. The summed E-state index contributed by atoms with van der Waals surface area (Å²) in [6.07, 6.45) is 9.77. The maximum Gasteiger partial charge on any atom is 0.225 e. The molecule has 0 saturated heterocycles. The fourth-order valence-electron chi connectivity index (χ4n) is 4.96. The lowest BCUT2D eigenvalue weighted by Gasteiger charge is -2.32. The number of rotatable bonds is 3. The third-order valence-corrected chi connectivity index (χ3v) is 6.57. The predicted octanol–water partition coefficient (Wildman–Crippen LogP) is 4.52. The molecule has 2 fully saturated rings. The van der Waals surface area contributed by atoms with Gasteiger partial charge in [0.25, 0.3) is 0 Å². The highest BCUT2D eigenvalue weighted by atomic mass is 16.2. The Labute approximate surface area is 150 Å². The second-order valence-electron chi connectivity index (χ2n) is 8.34. The van der Waals surface area contributed by atoms with Crippen LogP contribution in [-0.4, -0.2) is 21.9 Å². The van der Waals surface area contributed by atoms with Gasteiger partial charge in [0.05, 0.1) is 0 Å². The van der Waals surface area contributed by atoms with Crippen LogP contribution in [0, 0.1) is 11.8 Å². The molecular weight excluding hydrogens is 308 g/mol. The molecule has 5 rings (SSSR count). The number of carbonyl (C=O) groups is 1. The average molecular weight is 336 g/mol. The summed E-state index contributed by atoms with van der Waals surface area (Å²) in [5.74, 6) is 1.58. The molecule has 2 saturated carbocycles. The SMILES string of the molecule is O=C(C1CCCCC1)N1CCc2c(c3ccccc3n2CC2CC2)C1. The van der Waals surface area contributed by atoms with Crippen LogP contribution in [0.15, 0.2) is 24.3 Å². The van der Waals surface area contributed by atoms with Gasteiger partial charge in [0.1, 0.15) is 0 Å². The lowest BCUT2D eigenvalue weighted by Crippen LogP contribution is -2.40. The topological polar surface area (TPSA) is 25.2 Å². The summed E-state index contributed by atoms with van der Waals surface area (Å²) in [6, 6.07) is 8.82. The third kappa shape index (κ3) is 2.78. The van der Waals surface area contributed by atoms with Gasteiger partial charge in [-0.25, -0.2) is 0 Å². The molecule has 2 heterocycles. The Bertz CT molecular complexity index is 796. The van der Waals surface area contributed by atoms with Crippen LogP contribution >= 0.6 is 0 Å². The van der Waals surface area contributed by atoms with E-state index < -0.39 is 0 Å². The van der Waals surface area contributed by atoms with E-state index >= 15 is 0 Å². The van der Waals surface area contributed by atoms with Gasteiger partial charge >= 0.3 is 0 Å². The van der Waals surface area contributed by atoms with Crippen molar-refractivity contribution in [3.63, 3.8) is 0 Å². The van der Waals surface area contributed by atoms with Gasteiger partial charge in [0, 0.05) is 54.1 Å².